The second kappa shape index (κ2) is 5.46. The number of nitro benzene ring substituents is 1. The van der Waals surface area contributed by atoms with Crippen LogP contribution in [0.2, 0.25) is 0 Å². The van der Waals surface area contributed by atoms with Crippen molar-refractivity contribution >= 4 is 21.2 Å². The smallest absolute Gasteiger partial charge is 0.293 e. The number of benzene rings is 1. The van der Waals surface area contributed by atoms with Crippen molar-refractivity contribution in [1.29, 1.82) is 5.26 Å². The molecule has 0 aliphatic heterocycles. The van der Waals surface area contributed by atoms with Crippen molar-refractivity contribution in [3.63, 3.8) is 0 Å². The van der Waals surface area contributed by atoms with Gasteiger partial charge in [-0.2, -0.15) is 5.26 Å². The third-order valence-corrected chi connectivity index (χ3v) is 3.06. The number of sulfone groups is 1. The summed E-state index contributed by atoms with van der Waals surface area (Å²) in [5.41, 5.74) is 0.126. The molecule has 0 unspecified atom stereocenters. The van der Waals surface area contributed by atoms with Gasteiger partial charge in [0.2, 0.25) is 0 Å². The molecule has 0 radical (unpaired) electrons. The van der Waals surface area contributed by atoms with Gasteiger partial charge in [0.25, 0.3) is 5.69 Å². The number of anilines is 1. The van der Waals surface area contributed by atoms with Crippen molar-refractivity contribution < 1.29 is 13.3 Å². The highest BCUT2D eigenvalue weighted by Gasteiger charge is 2.14. The maximum absolute atomic E-state index is 10.9. The molecule has 1 aromatic rings. The molecule has 0 bridgehead atoms. The number of nitrogens with one attached hydrogen (secondary N) is 1. The van der Waals surface area contributed by atoms with Crippen molar-refractivity contribution in [2.24, 2.45) is 0 Å². The van der Waals surface area contributed by atoms with Crippen LogP contribution >= 0.6 is 0 Å². The maximum Gasteiger partial charge on any atom is 0.293 e. The molecule has 0 spiro atoms. The molecule has 0 fully saturated rings. The molecule has 0 aliphatic rings. The number of hydrogen-bond donors (Lipinski definition) is 1. The summed E-state index contributed by atoms with van der Waals surface area (Å²) < 4.78 is 21.8. The lowest BCUT2D eigenvalue weighted by Crippen LogP contribution is -2.14. The first-order valence-corrected chi connectivity index (χ1v) is 6.99. The highest BCUT2D eigenvalue weighted by Crippen LogP contribution is 2.25. The van der Waals surface area contributed by atoms with Crippen LogP contribution in [0.5, 0.6) is 0 Å². The Morgan fingerprint density at radius 2 is 2.17 bits per heavy atom. The first kappa shape index (κ1) is 13.9. The molecule has 7 nitrogen and oxygen atoms in total. The first-order chi connectivity index (χ1) is 8.33. The van der Waals surface area contributed by atoms with E-state index in [-0.39, 0.29) is 29.2 Å². The minimum Gasteiger partial charge on any atom is -0.378 e. The van der Waals surface area contributed by atoms with Gasteiger partial charge in [0.1, 0.15) is 15.5 Å². The molecule has 0 aliphatic carbocycles. The van der Waals surface area contributed by atoms with Crippen molar-refractivity contribution in [2.75, 3.05) is 23.9 Å². The molecule has 96 valence electrons. The van der Waals surface area contributed by atoms with Crippen LogP contribution in [0.25, 0.3) is 0 Å². The van der Waals surface area contributed by atoms with Gasteiger partial charge in [0.05, 0.1) is 22.3 Å². The molecule has 1 N–H and O–H groups in total. The molecular weight excluding hydrogens is 258 g/mol. The number of nitro groups is 1. The lowest BCUT2D eigenvalue weighted by atomic mass is 10.2. The second-order valence-electron chi connectivity index (χ2n) is 3.66. The Labute approximate surface area is 104 Å². The molecule has 1 aromatic carbocycles. The Kier molecular flexibility index (Phi) is 4.23. The summed E-state index contributed by atoms with van der Waals surface area (Å²) in [4.78, 5) is 10.2. The minimum absolute atomic E-state index is 0.0750. The number of rotatable bonds is 5. The van der Waals surface area contributed by atoms with Gasteiger partial charge in [-0.25, -0.2) is 8.42 Å². The zero-order valence-electron chi connectivity index (χ0n) is 9.58. The van der Waals surface area contributed by atoms with Gasteiger partial charge in [-0.3, -0.25) is 10.1 Å². The first-order valence-electron chi connectivity index (χ1n) is 4.93. The summed E-state index contributed by atoms with van der Waals surface area (Å²) in [6, 6.07) is 5.76. The fourth-order valence-electron chi connectivity index (χ4n) is 1.27. The highest BCUT2D eigenvalue weighted by molar-refractivity contribution is 7.90. The third-order valence-electron chi connectivity index (χ3n) is 2.11. The molecule has 0 heterocycles. The Hall–Kier alpha value is -2.14. The number of nitriles is 1. The van der Waals surface area contributed by atoms with Crippen LogP contribution in [-0.4, -0.2) is 31.9 Å². The van der Waals surface area contributed by atoms with E-state index in [1.54, 1.807) is 6.07 Å². The van der Waals surface area contributed by atoms with Crippen LogP contribution in [0.15, 0.2) is 18.2 Å². The van der Waals surface area contributed by atoms with Gasteiger partial charge in [-0.15, -0.1) is 0 Å². The third kappa shape index (κ3) is 4.03. The van der Waals surface area contributed by atoms with Crippen LogP contribution in [0.3, 0.4) is 0 Å². The fourth-order valence-corrected chi connectivity index (χ4v) is 1.75. The summed E-state index contributed by atoms with van der Waals surface area (Å²) >= 11 is 0. The normalized spacial score (nSPS) is 10.7. The largest absolute Gasteiger partial charge is 0.378 e. The van der Waals surface area contributed by atoms with Gasteiger partial charge < -0.3 is 5.32 Å². The monoisotopic (exact) mass is 269 g/mol. The molecule has 18 heavy (non-hydrogen) atoms. The summed E-state index contributed by atoms with van der Waals surface area (Å²) in [5.74, 6) is -0.121. The lowest BCUT2D eigenvalue weighted by Gasteiger charge is -2.06. The second-order valence-corrected chi connectivity index (χ2v) is 5.92. The summed E-state index contributed by atoms with van der Waals surface area (Å²) in [7, 11) is -3.12. The topological polar surface area (TPSA) is 113 Å². The van der Waals surface area contributed by atoms with Crippen LogP contribution in [0.1, 0.15) is 5.56 Å². The van der Waals surface area contributed by atoms with E-state index in [1.807, 2.05) is 0 Å². The average molecular weight is 269 g/mol. The Balaban J connectivity index is 2.89. The van der Waals surface area contributed by atoms with E-state index in [9.17, 15) is 18.5 Å². The Morgan fingerprint density at radius 1 is 1.50 bits per heavy atom. The number of nitrogens with zero attached hydrogens (tertiary/aromatic N) is 2. The van der Waals surface area contributed by atoms with Crippen molar-refractivity contribution in [2.45, 2.75) is 0 Å². The van der Waals surface area contributed by atoms with Gasteiger partial charge in [-0.1, -0.05) is 0 Å². The fraction of sp³-hybridized carbons (Fsp3) is 0.300. The van der Waals surface area contributed by atoms with Gasteiger partial charge >= 0.3 is 0 Å². The molecule has 0 saturated heterocycles. The van der Waals surface area contributed by atoms with Crippen molar-refractivity contribution in [1.82, 2.24) is 0 Å². The van der Waals surface area contributed by atoms with Crippen LogP contribution in [0, 0.1) is 21.4 Å². The quantitative estimate of drug-likeness (QED) is 0.628. The van der Waals surface area contributed by atoms with Crippen LogP contribution < -0.4 is 5.32 Å². The molecular formula is C10H11N3O4S. The molecule has 0 atom stereocenters. The standard InChI is InChI=1S/C10H11N3O4S/c1-18(16,17)5-4-12-9-3-2-8(7-11)6-10(9)13(14)15/h2-3,6,12H,4-5H2,1H3. The van der Waals surface area contributed by atoms with E-state index in [0.29, 0.717) is 0 Å². The molecule has 0 saturated carbocycles. The lowest BCUT2D eigenvalue weighted by molar-refractivity contribution is -0.384. The van der Waals surface area contributed by atoms with E-state index >= 15 is 0 Å². The van der Waals surface area contributed by atoms with Crippen molar-refractivity contribution in [3.05, 3.63) is 33.9 Å². The number of hydrogen-bond acceptors (Lipinski definition) is 6. The van der Waals surface area contributed by atoms with E-state index < -0.39 is 14.8 Å². The van der Waals surface area contributed by atoms with E-state index in [0.717, 1.165) is 12.3 Å². The summed E-state index contributed by atoms with van der Waals surface area (Å²) in [6.45, 7) is 0.0750. The van der Waals surface area contributed by atoms with E-state index in [1.165, 1.54) is 12.1 Å². The van der Waals surface area contributed by atoms with Gasteiger partial charge in [0, 0.05) is 18.9 Å². The van der Waals surface area contributed by atoms with Gasteiger partial charge in [0.15, 0.2) is 0 Å². The Bertz CT molecular complexity index is 604. The molecule has 0 amide bonds. The average Bonchev–Trinajstić information content (AvgIpc) is 2.27. The van der Waals surface area contributed by atoms with Gasteiger partial charge in [-0.05, 0) is 12.1 Å². The van der Waals surface area contributed by atoms with Crippen LogP contribution in [-0.2, 0) is 9.84 Å². The predicted molar refractivity (Wildman–Crippen MR) is 66.0 cm³/mol. The zero-order chi connectivity index (χ0) is 13.8. The molecule has 1 rings (SSSR count). The molecule has 8 heteroatoms. The summed E-state index contributed by atoms with van der Waals surface area (Å²) in [6.07, 6.45) is 1.09. The maximum atomic E-state index is 10.9. The SMILES string of the molecule is CS(=O)(=O)CCNc1ccc(C#N)cc1[N+](=O)[O-]. The van der Waals surface area contributed by atoms with E-state index in [4.69, 9.17) is 5.26 Å². The summed E-state index contributed by atoms with van der Waals surface area (Å²) in [5, 5.41) is 22.1. The van der Waals surface area contributed by atoms with Crippen molar-refractivity contribution in [3.8, 4) is 6.07 Å². The molecule has 0 aromatic heterocycles. The van der Waals surface area contributed by atoms with E-state index in [2.05, 4.69) is 5.32 Å². The zero-order valence-corrected chi connectivity index (χ0v) is 10.4. The minimum atomic E-state index is -3.12. The predicted octanol–water partition coefficient (Wildman–Crippen LogP) is 0.923. The highest BCUT2D eigenvalue weighted by atomic mass is 32.2. The Morgan fingerprint density at radius 3 is 2.67 bits per heavy atom. The van der Waals surface area contributed by atoms with Crippen LogP contribution in [0.4, 0.5) is 11.4 Å².